The Hall–Kier alpha value is -1.78. The van der Waals surface area contributed by atoms with Gasteiger partial charge in [-0.2, -0.15) is 0 Å². The summed E-state index contributed by atoms with van der Waals surface area (Å²) in [4.78, 5) is 10.1. The molecule has 0 radical (unpaired) electrons. The second-order valence-electron chi connectivity index (χ2n) is 6.19. The summed E-state index contributed by atoms with van der Waals surface area (Å²) in [7, 11) is 0. The zero-order valence-corrected chi connectivity index (χ0v) is 13.2. The van der Waals surface area contributed by atoms with E-state index in [9.17, 15) is 20.3 Å². The Morgan fingerprint density at radius 3 is 2.54 bits per heavy atom. The number of ether oxygens (including phenoxy) is 4. The number of non-ortho nitro benzene ring substituents is 1. The lowest BCUT2D eigenvalue weighted by Gasteiger charge is -2.48. The number of nitro benzene ring substituents is 1. The molecule has 0 spiro atoms. The zero-order chi connectivity index (χ0) is 17.5. The van der Waals surface area contributed by atoms with Gasteiger partial charge in [-0.3, -0.25) is 10.1 Å². The fraction of sp³-hybridized carbons (Fsp3) is 0.600. The largest absolute Gasteiger partial charge is 0.462 e. The van der Waals surface area contributed by atoms with Crippen LogP contribution in [0.25, 0.3) is 0 Å². The van der Waals surface area contributed by atoms with E-state index in [1.807, 2.05) is 0 Å². The molecule has 2 saturated heterocycles. The Bertz CT molecular complexity index is 602. The summed E-state index contributed by atoms with van der Waals surface area (Å²) in [6.45, 7) is 3.60. The van der Waals surface area contributed by atoms with E-state index in [1.54, 1.807) is 13.8 Å². The number of hydrogen-bond acceptors (Lipinski definition) is 8. The van der Waals surface area contributed by atoms with Crippen LogP contribution in [0.5, 0.6) is 5.75 Å². The quantitative estimate of drug-likeness (QED) is 0.605. The Kier molecular flexibility index (Phi) is 4.45. The molecule has 9 nitrogen and oxygen atoms in total. The van der Waals surface area contributed by atoms with Crippen molar-refractivity contribution in [3.8, 4) is 5.75 Å². The fourth-order valence-electron chi connectivity index (χ4n) is 2.71. The minimum absolute atomic E-state index is 0.0797. The van der Waals surface area contributed by atoms with Gasteiger partial charge >= 0.3 is 0 Å². The summed E-state index contributed by atoms with van der Waals surface area (Å²) in [5.41, 5.74) is -0.0797. The molecule has 5 unspecified atom stereocenters. The van der Waals surface area contributed by atoms with Gasteiger partial charge in [0.25, 0.3) is 5.69 Å². The predicted octanol–water partition coefficient (Wildman–Crippen LogP) is 0.572. The van der Waals surface area contributed by atoms with Gasteiger partial charge in [0, 0.05) is 12.1 Å². The number of fused-ring (bicyclic) bond motifs is 1. The van der Waals surface area contributed by atoms with Crippen LogP contribution in [0.4, 0.5) is 5.69 Å². The molecule has 0 amide bonds. The molecule has 1 aromatic rings. The molecule has 24 heavy (non-hydrogen) atoms. The van der Waals surface area contributed by atoms with Gasteiger partial charge in [-0.15, -0.1) is 0 Å². The van der Waals surface area contributed by atoms with E-state index in [0.717, 1.165) is 0 Å². The van der Waals surface area contributed by atoms with Gasteiger partial charge in [-0.1, -0.05) is 0 Å². The molecular formula is C15H19NO8. The summed E-state index contributed by atoms with van der Waals surface area (Å²) in [6, 6.07) is 5.34. The van der Waals surface area contributed by atoms with Crippen LogP contribution in [0.15, 0.2) is 24.3 Å². The first-order valence-corrected chi connectivity index (χ1v) is 7.51. The topological polar surface area (TPSA) is 121 Å². The van der Waals surface area contributed by atoms with Crippen molar-refractivity contribution in [3.63, 3.8) is 0 Å². The molecule has 2 aliphatic rings. The third-order valence-corrected chi connectivity index (χ3v) is 3.96. The summed E-state index contributed by atoms with van der Waals surface area (Å²) < 4.78 is 22.2. The van der Waals surface area contributed by atoms with Crippen LogP contribution in [0, 0.1) is 10.1 Å². The molecule has 0 aliphatic carbocycles. The van der Waals surface area contributed by atoms with Gasteiger partial charge in [0.15, 0.2) is 5.79 Å². The fourth-order valence-corrected chi connectivity index (χ4v) is 2.71. The maximum Gasteiger partial charge on any atom is 0.269 e. The first-order chi connectivity index (χ1) is 11.3. The summed E-state index contributed by atoms with van der Waals surface area (Å²) in [5.74, 6) is -0.606. The van der Waals surface area contributed by atoms with E-state index in [1.165, 1.54) is 24.3 Å². The molecule has 3 rings (SSSR count). The molecule has 0 bridgehead atoms. The highest BCUT2D eigenvalue weighted by Crippen LogP contribution is 2.33. The Morgan fingerprint density at radius 2 is 1.92 bits per heavy atom. The molecule has 132 valence electrons. The van der Waals surface area contributed by atoms with Crippen molar-refractivity contribution in [1.29, 1.82) is 0 Å². The molecule has 9 heteroatoms. The normalized spacial score (nSPS) is 35.1. The van der Waals surface area contributed by atoms with Crippen LogP contribution < -0.4 is 4.74 Å². The standard InChI is InChI=1S/C15H19NO8/c1-15(2)21-7-10-13(24-15)11(17)12(18)14(23-10)22-9-5-3-8(4-6-9)16(19)20/h3-6,10-14,17-18H,7H2,1-2H3. The summed E-state index contributed by atoms with van der Waals surface area (Å²) in [6.07, 6.45) is -5.03. The number of rotatable bonds is 3. The van der Waals surface area contributed by atoms with E-state index >= 15 is 0 Å². The van der Waals surface area contributed by atoms with E-state index in [2.05, 4.69) is 0 Å². The second-order valence-corrected chi connectivity index (χ2v) is 6.19. The van der Waals surface area contributed by atoms with E-state index in [-0.39, 0.29) is 18.0 Å². The third kappa shape index (κ3) is 3.35. The van der Waals surface area contributed by atoms with Crippen molar-refractivity contribution in [2.45, 2.75) is 50.3 Å². The lowest BCUT2D eigenvalue weighted by molar-refractivity contribution is -0.385. The SMILES string of the molecule is CC1(C)OCC2OC(Oc3ccc([N+](=O)[O-])cc3)C(O)C(O)C2O1. The number of hydrogen-bond donors (Lipinski definition) is 2. The smallest absolute Gasteiger partial charge is 0.269 e. The van der Waals surface area contributed by atoms with Gasteiger partial charge in [-0.25, -0.2) is 0 Å². The molecule has 1 aromatic carbocycles. The first kappa shape index (κ1) is 17.1. The third-order valence-electron chi connectivity index (χ3n) is 3.96. The number of benzene rings is 1. The second kappa shape index (κ2) is 6.26. The first-order valence-electron chi connectivity index (χ1n) is 7.51. The van der Waals surface area contributed by atoms with Crippen LogP contribution in [-0.2, 0) is 14.2 Å². The number of nitro groups is 1. The minimum atomic E-state index is -1.34. The average molecular weight is 341 g/mol. The molecule has 0 saturated carbocycles. The van der Waals surface area contributed by atoms with E-state index in [0.29, 0.717) is 0 Å². The van der Waals surface area contributed by atoms with Gasteiger partial charge in [0.1, 0.15) is 30.2 Å². The van der Waals surface area contributed by atoms with E-state index < -0.39 is 41.4 Å². The van der Waals surface area contributed by atoms with Crippen LogP contribution in [0.2, 0.25) is 0 Å². The van der Waals surface area contributed by atoms with Crippen LogP contribution in [0.3, 0.4) is 0 Å². The number of aliphatic hydroxyl groups is 2. The highest BCUT2D eigenvalue weighted by Gasteiger charge is 2.51. The zero-order valence-electron chi connectivity index (χ0n) is 13.2. The molecule has 2 heterocycles. The van der Waals surface area contributed by atoms with Crippen molar-refractivity contribution in [3.05, 3.63) is 34.4 Å². The minimum Gasteiger partial charge on any atom is -0.462 e. The summed E-state index contributed by atoms with van der Waals surface area (Å²) >= 11 is 0. The molecule has 2 N–H and O–H groups in total. The van der Waals surface area contributed by atoms with Crippen LogP contribution in [-0.4, -0.2) is 58.2 Å². The summed E-state index contributed by atoms with van der Waals surface area (Å²) in [5, 5.41) is 31.2. The Balaban J connectivity index is 1.70. The molecule has 5 atom stereocenters. The van der Waals surface area contributed by atoms with Crippen molar-refractivity contribution >= 4 is 5.69 Å². The predicted molar refractivity (Wildman–Crippen MR) is 79.3 cm³/mol. The monoisotopic (exact) mass is 341 g/mol. The lowest BCUT2D eigenvalue weighted by Crippen LogP contribution is -2.65. The molecule has 0 aromatic heterocycles. The van der Waals surface area contributed by atoms with Crippen molar-refractivity contribution < 1.29 is 34.1 Å². The highest BCUT2D eigenvalue weighted by atomic mass is 16.8. The van der Waals surface area contributed by atoms with Gasteiger partial charge in [0.05, 0.1) is 11.5 Å². The van der Waals surface area contributed by atoms with E-state index in [4.69, 9.17) is 18.9 Å². The van der Waals surface area contributed by atoms with Gasteiger partial charge in [0.2, 0.25) is 6.29 Å². The Labute approximate surface area is 137 Å². The van der Waals surface area contributed by atoms with Crippen LogP contribution in [0.1, 0.15) is 13.8 Å². The van der Waals surface area contributed by atoms with Crippen molar-refractivity contribution in [2.75, 3.05) is 6.61 Å². The maximum absolute atomic E-state index is 10.6. The number of aliphatic hydroxyl groups excluding tert-OH is 2. The Morgan fingerprint density at radius 1 is 1.25 bits per heavy atom. The molecule has 2 aliphatic heterocycles. The highest BCUT2D eigenvalue weighted by molar-refractivity contribution is 5.36. The maximum atomic E-state index is 10.6. The lowest BCUT2D eigenvalue weighted by atomic mass is 9.97. The molecule has 2 fully saturated rings. The van der Waals surface area contributed by atoms with Gasteiger partial charge in [-0.05, 0) is 26.0 Å². The molecular weight excluding hydrogens is 322 g/mol. The van der Waals surface area contributed by atoms with Crippen LogP contribution >= 0.6 is 0 Å². The number of nitrogens with zero attached hydrogens (tertiary/aromatic N) is 1. The van der Waals surface area contributed by atoms with Crippen molar-refractivity contribution in [2.24, 2.45) is 0 Å². The average Bonchev–Trinajstić information content (AvgIpc) is 2.53. The van der Waals surface area contributed by atoms with Crippen molar-refractivity contribution in [1.82, 2.24) is 0 Å². The van der Waals surface area contributed by atoms with Gasteiger partial charge < -0.3 is 29.2 Å².